The maximum absolute atomic E-state index is 13.4. The summed E-state index contributed by atoms with van der Waals surface area (Å²) < 4.78 is 34.6. The molecule has 0 spiro atoms. The number of carbonyl (C=O) groups excluding carboxylic acids is 5. The fourth-order valence-electron chi connectivity index (χ4n) is 7.33. The summed E-state index contributed by atoms with van der Waals surface area (Å²) in [4.78, 5) is 65.5. The largest absolute Gasteiger partial charge is 0.462 e. The molecule has 1 aromatic carbocycles. The van der Waals surface area contributed by atoms with Gasteiger partial charge in [-0.1, -0.05) is 12.1 Å². The second-order valence-corrected chi connectivity index (χ2v) is 15.1. The van der Waals surface area contributed by atoms with E-state index < -0.39 is 110 Å². The van der Waals surface area contributed by atoms with E-state index in [4.69, 9.17) is 57.1 Å². The molecule has 350 valence electrons. The third-order valence-electron chi connectivity index (χ3n) is 10.4. The van der Waals surface area contributed by atoms with Crippen molar-refractivity contribution < 1.29 is 62.6 Å². The van der Waals surface area contributed by atoms with Crippen molar-refractivity contribution in [2.24, 2.45) is 33.7 Å². The summed E-state index contributed by atoms with van der Waals surface area (Å²) in [5.74, 6) is -0.317. The van der Waals surface area contributed by atoms with Gasteiger partial charge >= 0.3 is 24.2 Å². The number of carbonyl (C=O) groups is 5. The average molecular weight is 894 g/mol. The van der Waals surface area contributed by atoms with E-state index in [2.05, 4.69) is 42.2 Å². The number of rotatable bonds is 19. The monoisotopic (exact) mass is 893 g/mol. The van der Waals surface area contributed by atoms with Crippen LogP contribution in [0.25, 0.3) is 6.08 Å². The molecule has 5 rings (SSSR count). The van der Waals surface area contributed by atoms with Crippen molar-refractivity contribution >= 4 is 42.1 Å². The summed E-state index contributed by atoms with van der Waals surface area (Å²) in [5.41, 5.74) is 28.3. The number of aliphatic imine (C=N–C) groups is 1. The maximum atomic E-state index is 13.4. The number of nitrogens with one attached hydrogen (secondary N) is 7. The Morgan fingerprint density at radius 3 is 2.29 bits per heavy atom. The Kier molecular flexibility index (Phi) is 17.7. The Hall–Kier alpha value is -5.74. The van der Waals surface area contributed by atoms with E-state index in [1.54, 1.807) is 37.3 Å². The highest BCUT2D eigenvalue weighted by Crippen LogP contribution is 2.29. The molecule has 8 amide bonds. The van der Waals surface area contributed by atoms with E-state index in [9.17, 15) is 34.2 Å². The zero-order valence-electron chi connectivity index (χ0n) is 34.6. The number of benzene rings is 1. The summed E-state index contributed by atoms with van der Waals surface area (Å²) >= 11 is 0. The van der Waals surface area contributed by atoms with Gasteiger partial charge in [0.05, 0.1) is 31.4 Å². The van der Waals surface area contributed by atoms with E-state index in [0.717, 1.165) is 32.4 Å². The number of nitrogens with zero attached hydrogens (tertiary/aromatic N) is 1. The second-order valence-electron chi connectivity index (χ2n) is 15.1. The highest BCUT2D eigenvalue weighted by Gasteiger charge is 2.51. The fourth-order valence-corrected chi connectivity index (χ4v) is 7.33. The number of aliphatic hydroxyl groups excluding tert-OH is 2. The summed E-state index contributed by atoms with van der Waals surface area (Å²) in [6, 6.07) is -1.96. The third kappa shape index (κ3) is 13.9. The van der Waals surface area contributed by atoms with E-state index in [0.29, 0.717) is 24.4 Å². The van der Waals surface area contributed by atoms with Crippen LogP contribution in [0.3, 0.4) is 0 Å². The minimum absolute atomic E-state index is 0.127. The molecular weight excluding hydrogens is 834 g/mol. The van der Waals surface area contributed by atoms with Gasteiger partial charge in [-0.15, -0.1) is 0 Å². The van der Waals surface area contributed by atoms with Crippen molar-refractivity contribution in [3.8, 4) is 5.75 Å². The van der Waals surface area contributed by atoms with Crippen LogP contribution in [0.2, 0.25) is 0 Å². The van der Waals surface area contributed by atoms with Crippen LogP contribution in [0.4, 0.5) is 19.2 Å². The molecule has 19 N–H and O–H groups in total. The number of nitrogens with two attached hydrogens (primary N) is 5. The summed E-state index contributed by atoms with van der Waals surface area (Å²) in [6.07, 6.45) is -4.84. The first kappa shape index (κ1) is 48.3. The van der Waals surface area contributed by atoms with Crippen molar-refractivity contribution in [1.82, 2.24) is 37.2 Å². The molecule has 0 radical (unpaired) electrons. The number of primary amides is 2. The molecule has 0 saturated carbocycles. The van der Waals surface area contributed by atoms with Crippen LogP contribution in [0.1, 0.15) is 31.7 Å². The van der Waals surface area contributed by atoms with Crippen LogP contribution in [-0.4, -0.2) is 165 Å². The van der Waals surface area contributed by atoms with E-state index in [1.807, 2.05) is 0 Å². The van der Waals surface area contributed by atoms with Crippen molar-refractivity contribution in [1.29, 1.82) is 0 Å². The molecule has 0 bridgehead atoms. The van der Waals surface area contributed by atoms with E-state index in [1.165, 1.54) is 6.08 Å². The third-order valence-corrected chi connectivity index (χ3v) is 10.4. The van der Waals surface area contributed by atoms with Crippen molar-refractivity contribution in [2.45, 2.75) is 106 Å². The van der Waals surface area contributed by atoms with Gasteiger partial charge in [-0.05, 0) is 69.6 Å². The molecule has 4 fully saturated rings. The Morgan fingerprint density at radius 2 is 1.59 bits per heavy atom. The smallest absolute Gasteiger partial charge is 0.407 e. The zero-order chi connectivity index (χ0) is 45.6. The van der Waals surface area contributed by atoms with Crippen LogP contribution < -0.4 is 70.6 Å². The first-order valence-electron chi connectivity index (χ1n) is 20.4. The lowest BCUT2D eigenvalue weighted by molar-refractivity contribution is -0.260. The van der Waals surface area contributed by atoms with Crippen molar-refractivity contribution in [3.63, 3.8) is 0 Å². The van der Waals surface area contributed by atoms with Gasteiger partial charge in [-0.2, -0.15) is 0 Å². The highest BCUT2D eigenvalue weighted by molar-refractivity contribution is 5.91. The number of unbranched alkanes of at least 4 members (excludes halogenated alkanes) is 1. The van der Waals surface area contributed by atoms with Crippen molar-refractivity contribution in [2.75, 3.05) is 39.4 Å². The number of fused-ring (bicyclic) bond motifs is 1. The standard InChI is InChI=1S/C37H59N13O13/c1-17-23(29(53)27(45-33(39)40)32(60-17)61-19-8-5-18(6-9-19)7-10-22(51)44-14-4-13-43-12-3-2-11-38)48-36(56)50-30-26(47-35(42)55)28(52)21(16-58-30)62-31-25(46-34(41)54)24-20(15-59-31)63-37(57)49-24/h5-10,17,20-21,23-32,43,52-53H,2-4,11-16,38H2,1H3,(H,44,51)(H,49,57)(H4,39,40,45)(H3,41,46,54)(H3,42,47,55)(H2,48,50,56)/b10-7-. The number of alkyl carbamates (subject to hydrolysis) is 1. The number of guanidine groups is 1. The van der Waals surface area contributed by atoms with Gasteiger partial charge in [0.1, 0.15) is 48.3 Å². The highest BCUT2D eigenvalue weighted by atomic mass is 16.7. The molecule has 0 aliphatic carbocycles. The maximum Gasteiger partial charge on any atom is 0.407 e. The Balaban J connectivity index is 1.15. The number of amides is 8. The van der Waals surface area contributed by atoms with Crippen LogP contribution in [0.15, 0.2) is 35.3 Å². The van der Waals surface area contributed by atoms with Crippen LogP contribution in [0, 0.1) is 0 Å². The molecule has 0 aromatic heterocycles. The van der Waals surface area contributed by atoms with Gasteiger partial charge in [0.15, 0.2) is 18.5 Å². The molecule has 4 saturated heterocycles. The van der Waals surface area contributed by atoms with Crippen LogP contribution in [0.5, 0.6) is 5.75 Å². The number of urea groups is 3. The average Bonchev–Trinajstić information content (AvgIpc) is 3.62. The minimum atomic E-state index is -1.60. The number of aliphatic hydroxyl groups is 2. The summed E-state index contributed by atoms with van der Waals surface area (Å²) in [7, 11) is 0. The van der Waals surface area contributed by atoms with Crippen molar-refractivity contribution in [3.05, 3.63) is 35.9 Å². The fraction of sp³-hybridized carbons (Fsp3) is 0.622. The number of ether oxygens (including phenoxy) is 6. The Morgan fingerprint density at radius 1 is 0.873 bits per heavy atom. The van der Waals surface area contributed by atoms with Gasteiger partial charge < -0.3 is 105 Å². The summed E-state index contributed by atoms with van der Waals surface area (Å²) in [6.45, 7) is 3.91. The topological polar surface area (TPSA) is 408 Å². The second kappa shape index (κ2) is 23.1. The normalized spacial score (nSPS) is 31.4. The Bertz CT molecular complexity index is 1770. The molecule has 26 nitrogen and oxygen atoms in total. The SMILES string of the molecule is CC1OC(Oc2ccc(/C=C\C(=O)NCCCNCCCCN)cc2)C(N=C(N)N)C(O)C1NC(=O)NC1OCC(OC2OCC3OC(=O)NC3C2NC(N)=O)C(O)C1NC(N)=O. The van der Waals surface area contributed by atoms with Gasteiger partial charge in [0.25, 0.3) is 0 Å². The zero-order valence-corrected chi connectivity index (χ0v) is 34.6. The minimum Gasteiger partial charge on any atom is -0.462 e. The van der Waals surface area contributed by atoms with Gasteiger partial charge in [-0.3, -0.25) is 4.79 Å². The number of hydrogen-bond acceptors (Lipinski definition) is 16. The molecule has 4 aliphatic heterocycles. The van der Waals surface area contributed by atoms with Gasteiger partial charge in [0, 0.05) is 12.6 Å². The molecule has 63 heavy (non-hydrogen) atoms. The molecule has 1 aromatic rings. The lowest BCUT2D eigenvalue weighted by Crippen LogP contribution is -2.70. The van der Waals surface area contributed by atoms with Crippen LogP contribution >= 0.6 is 0 Å². The lowest BCUT2D eigenvalue weighted by Gasteiger charge is -2.44. The van der Waals surface area contributed by atoms with Crippen LogP contribution in [-0.2, 0) is 28.5 Å². The van der Waals surface area contributed by atoms with E-state index >= 15 is 0 Å². The predicted molar refractivity (Wildman–Crippen MR) is 221 cm³/mol. The summed E-state index contributed by atoms with van der Waals surface area (Å²) in [5, 5.41) is 41.4. The van der Waals surface area contributed by atoms with Gasteiger partial charge in [-0.25, -0.2) is 24.2 Å². The molecule has 4 heterocycles. The predicted octanol–water partition coefficient (Wildman–Crippen LogP) is -4.66. The molecule has 13 atom stereocenters. The number of hydrogen-bond donors (Lipinski definition) is 14. The first-order valence-corrected chi connectivity index (χ1v) is 20.4. The first-order chi connectivity index (χ1) is 30.1. The molecule has 4 aliphatic rings. The van der Waals surface area contributed by atoms with Gasteiger partial charge in [0.2, 0.25) is 12.2 Å². The quantitative estimate of drug-likeness (QED) is 0.0269. The molecular formula is C37H59N13O13. The lowest BCUT2D eigenvalue weighted by atomic mass is 9.95. The van der Waals surface area contributed by atoms with E-state index in [-0.39, 0.29) is 19.1 Å². The molecule has 13 unspecified atom stereocenters. The Labute approximate surface area is 362 Å². The molecule has 26 heteroatoms.